The third kappa shape index (κ3) is 2.76. The predicted molar refractivity (Wildman–Crippen MR) is 91.8 cm³/mol. The van der Waals surface area contributed by atoms with Crippen molar-refractivity contribution in [1.82, 2.24) is 20.2 Å². The molecule has 1 aliphatic rings. The molecule has 25 heavy (non-hydrogen) atoms. The van der Waals surface area contributed by atoms with E-state index in [1.54, 1.807) is 9.58 Å². The fraction of sp³-hybridized carbons (Fsp3) is 0.111. The highest BCUT2D eigenvalue weighted by Crippen LogP contribution is 2.35. The fourth-order valence-electron chi connectivity index (χ4n) is 3.00. The van der Waals surface area contributed by atoms with Crippen LogP contribution in [0.2, 0.25) is 0 Å². The molecule has 4 rings (SSSR count). The molecule has 3 aromatic rings. The number of fused-ring (bicyclic) bond motifs is 1. The number of allylic oxidation sites excluding steroid dienone is 1. The minimum Gasteiger partial charge on any atom is -0.480 e. The molecular formula is C18H15N5O2. The lowest BCUT2D eigenvalue weighted by atomic mass is 10.0. The summed E-state index contributed by atoms with van der Waals surface area (Å²) in [6.45, 7) is -0.220. The van der Waals surface area contributed by atoms with Crippen molar-refractivity contribution in [2.45, 2.75) is 6.04 Å². The second kappa shape index (κ2) is 6.20. The SMILES string of the molecule is O=C(O)CN1C(c2ccccc2)=CC(c2ccccc2)n2nnnc21. The zero-order valence-electron chi connectivity index (χ0n) is 13.2. The number of hydrogen-bond acceptors (Lipinski definition) is 5. The van der Waals surface area contributed by atoms with E-state index in [9.17, 15) is 9.90 Å². The van der Waals surface area contributed by atoms with E-state index >= 15 is 0 Å². The van der Waals surface area contributed by atoms with Crippen molar-refractivity contribution in [2.75, 3.05) is 11.4 Å². The quantitative estimate of drug-likeness (QED) is 0.788. The van der Waals surface area contributed by atoms with Gasteiger partial charge in [-0.1, -0.05) is 65.8 Å². The zero-order valence-corrected chi connectivity index (χ0v) is 13.2. The van der Waals surface area contributed by atoms with E-state index in [0.717, 1.165) is 16.8 Å². The lowest BCUT2D eigenvalue weighted by Crippen LogP contribution is -2.35. The third-order valence-corrected chi connectivity index (χ3v) is 4.09. The standard InChI is InChI=1S/C18H15N5O2/c24-17(25)12-22-15(13-7-3-1-4-8-13)11-16(14-9-5-2-6-10-14)23-18(22)19-20-21-23/h1-11,16H,12H2,(H,24,25). The van der Waals surface area contributed by atoms with Gasteiger partial charge < -0.3 is 5.11 Å². The largest absolute Gasteiger partial charge is 0.480 e. The predicted octanol–water partition coefficient (Wildman–Crippen LogP) is 2.21. The summed E-state index contributed by atoms with van der Waals surface area (Å²) in [5, 5.41) is 21.2. The van der Waals surface area contributed by atoms with Crippen LogP contribution < -0.4 is 4.90 Å². The number of hydrogen-bond donors (Lipinski definition) is 1. The molecule has 0 aliphatic carbocycles. The Balaban J connectivity index is 1.88. The molecule has 1 atom stereocenters. The summed E-state index contributed by atoms with van der Waals surface area (Å²) >= 11 is 0. The van der Waals surface area contributed by atoms with Crippen molar-refractivity contribution in [1.29, 1.82) is 0 Å². The van der Waals surface area contributed by atoms with Gasteiger partial charge in [0, 0.05) is 0 Å². The summed E-state index contributed by atoms with van der Waals surface area (Å²) in [6.07, 6.45) is 2.00. The molecule has 2 aromatic carbocycles. The molecule has 1 N–H and O–H groups in total. The van der Waals surface area contributed by atoms with Gasteiger partial charge in [-0.15, -0.1) is 0 Å². The minimum absolute atomic E-state index is 0.202. The molecule has 0 saturated carbocycles. The van der Waals surface area contributed by atoms with E-state index < -0.39 is 5.97 Å². The van der Waals surface area contributed by atoms with Gasteiger partial charge in [-0.2, -0.15) is 4.68 Å². The van der Waals surface area contributed by atoms with E-state index in [-0.39, 0.29) is 12.6 Å². The number of rotatable bonds is 4. The van der Waals surface area contributed by atoms with Crippen molar-refractivity contribution in [3.8, 4) is 0 Å². The van der Waals surface area contributed by atoms with Gasteiger partial charge >= 0.3 is 5.97 Å². The molecule has 2 heterocycles. The van der Waals surface area contributed by atoms with E-state index in [1.807, 2.05) is 66.7 Å². The molecule has 0 saturated heterocycles. The lowest BCUT2D eigenvalue weighted by molar-refractivity contribution is -0.135. The maximum absolute atomic E-state index is 11.4. The van der Waals surface area contributed by atoms with E-state index in [1.165, 1.54) is 0 Å². The zero-order chi connectivity index (χ0) is 17.2. The maximum Gasteiger partial charge on any atom is 0.323 e. The molecule has 0 spiro atoms. The average Bonchev–Trinajstić information content (AvgIpc) is 3.13. The Bertz CT molecular complexity index is 921. The Morgan fingerprint density at radius 2 is 1.72 bits per heavy atom. The number of carboxylic acid groups (broad SMARTS) is 1. The first-order chi connectivity index (χ1) is 12.2. The van der Waals surface area contributed by atoms with Crippen LogP contribution in [-0.2, 0) is 4.79 Å². The lowest BCUT2D eigenvalue weighted by Gasteiger charge is -2.31. The summed E-state index contributed by atoms with van der Waals surface area (Å²) in [5.41, 5.74) is 2.72. The highest BCUT2D eigenvalue weighted by molar-refractivity contribution is 5.85. The van der Waals surface area contributed by atoms with Crippen molar-refractivity contribution >= 4 is 17.6 Å². The molecule has 0 radical (unpaired) electrons. The Hall–Kier alpha value is -3.48. The fourth-order valence-corrected chi connectivity index (χ4v) is 3.00. The summed E-state index contributed by atoms with van der Waals surface area (Å²) in [6, 6.07) is 19.3. The van der Waals surface area contributed by atoms with E-state index in [4.69, 9.17) is 0 Å². The van der Waals surface area contributed by atoms with Crippen molar-refractivity contribution < 1.29 is 9.90 Å². The maximum atomic E-state index is 11.4. The van der Waals surface area contributed by atoms with Crippen LogP contribution in [0.4, 0.5) is 5.95 Å². The van der Waals surface area contributed by atoms with Gasteiger partial charge in [0.25, 0.3) is 5.95 Å². The molecule has 0 bridgehead atoms. The van der Waals surface area contributed by atoms with Gasteiger partial charge in [0.1, 0.15) is 12.6 Å². The number of benzene rings is 2. The molecule has 7 heteroatoms. The summed E-state index contributed by atoms with van der Waals surface area (Å²) in [5.74, 6) is -0.535. The van der Waals surface area contributed by atoms with E-state index in [0.29, 0.717) is 5.95 Å². The Kier molecular flexibility index (Phi) is 3.74. The summed E-state index contributed by atoms with van der Waals surface area (Å²) in [4.78, 5) is 13.0. The van der Waals surface area contributed by atoms with Crippen LogP contribution in [0.5, 0.6) is 0 Å². The minimum atomic E-state index is -0.949. The van der Waals surface area contributed by atoms with Crippen LogP contribution in [0.3, 0.4) is 0 Å². The number of carbonyl (C=O) groups is 1. The number of aromatic nitrogens is 4. The Morgan fingerprint density at radius 3 is 2.40 bits per heavy atom. The van der Waals surface area contributed by atoms with Crippen LogP contribution in [0.15, 0.2) is 66.7 Å². The number of aliphatic carboxylic acids is 1. The summed E-state index contributed by atoms with van der Waals surface area (Å²) in [7, 11) is 0. The van der Waals surface area contributed by atoms with Crippen molar-refractivity contribution in [3.63, 3.8) is 0 Å². The van der Waals surface area contributed by atoms with Crippen LogP contribution in [0.25, 0.3) is 5.70 Å². The van der Waals surface area contributed by atoms with Crippen molar-refractivity contribution in [3.05, 3.63) is 77.9 Å². The molecule has 1 aliphatic heterocycles. The molecule has 1 aromatic heterocycles. The molecule has 0 amide bonds. The topological polar surface area (TPSA) is 84.1 Å². The molecule has 124 valence electrons. The number of carboxylic acids is 1. The van der Waals surface area contributed by atoms with Gasteiger partial charge in [-0.3, -0.25) is 9.69 Å². The normalized spacial score (nSPS) is 16.2. The van der Waals surface area contributed by atoms with Crippen LogP contribution in [0, 0.1) is 0 Å². The molecule has 7 nitrogen and oxygen atoms in total. The first-order valence-corrected chi connectivity index (χ1v) is 7.83. The Morgan fingerprint density at radius 1 is 1.04 bits per heavy atom. The van der Waals surface area contributed by atoms with Gasteiger partial charge in [0.15, 0.2) is 0 Å². The van der Waals surface area contributed by atoms with Crippen LogP contribution in [0.1, 0.15) is 17.2 Å². The first-order valence-electron chi connectivity index (χ1n) is 7.83. The third-order valence-electron chi connectivity index (χ3n) is 4.09. The van der Waals surface area contributed by atoms with Gasteiger partial charge in [-0.25, -0.2) is 0 Å². The average molecular weight is 333 g/mol. The highest BCUT2D eigenvalue weighted by Gasteiger charge is 2.31. The second-order valence-corrected chi connectivity index (χ2v) is 5.68. The highest BCUT2D eigenvalue weighted by atomic mass is 16.4. The number of tetrazole rings is 1. The van der Waals surface area contributed by atoms with Crippen molar-refractivity contribution in [2.24, 2.45) is 0 Å². The summed E-state index contributed by atoms with van der Waals surface area (Å²) < 4.78 is 1.64. The van der Waals surface area contributed by atoms with Gasteiger partial charge in [0.05, 0.1) is 5.70 Å². The Labute approximate surface area is 143 Å². The molecule has 0 fully saturated rings. The first kappa shape index (κ1) is 15.1. The van der Waals surface area contributed by atoms with Crippen LogP contribution >= 0.6 is 0 Å². The second-order valence-electron chi connectivity index (χ2n) is 5.68. The molecular weight excluding hydrogens is 318 g/mol. The van der Waals surface area contributed by atoms with Gasteiger partial charge in [-0.05, 0) is 27.6 Å². The number of nitrogens with zero attached hydrogens (tertiary/aromatic N) is 5. The molecule has 1 unspecified atom stereocenters. The van der Waals surface area contributed by atoms with Gasteiger partial charge in [0.2, 0.25) is 0 Å². The monoisotopic (exact) mass is 333 g/mol. The van der Waals surface area contributed by atoms with E-state index in [2.05, 4.69) is 15.5 Å². The van der Waals surface area contributed by atoms with Crippen LogP contribution in [-0.4, -0.2) is 37.8 Å². The smallest absolute Gasteiger partial charge is 0.323 e. The number of anilines is 1.